The van der Waals surface area contributed by atoms with Gasteiger partial charge in [0.1, 0.15) is 12.1 Å². The van der Waals surface area contributed by atoms with E-state index in [-0.39, 0.29) is 5.91 Å². The second kappa shape index (κ2) is 7.05. The summed E-state index contributed by atoms with van der Waals surface area (Å²) in [7, 11) is 0. The summed E-state index contributed by atoms with van der Waals surface area (Å²) in [4.78, 5) is 19.7. The van der Waals surface area contributed by atoms with Crippen LogP contribution in [-0.4, -0.2) is 30.6 Å². The van der Waals surface area contributed by atoms with Crippen molar-refractivity contribution in [2.24, 2.45) is 0 Å². The van der Waals surface area contributed by atoms with Gasteiger partial charge in [-0.25, -0.2) is 9.97 Å². The highest BCUT2D eigenvalue weighted by atomic mass is 35.5. The number of nitrogens with zero attached hydrogens (tertiary/aromatic N) is 4. The van der Waals surface area contributed by atoms with Gasteiger partial charge in [0.25, 0.3) is 0 Å². The molecule has 134 valence electrons. The number of nitrogens with one attached hydrogen (secondary N) is 2. The Morgan fingerprint density at radius 1 is 1.11 bits per heavy atom. The number of aromatic nitrogens is 5. The van der Waals surface area contributed by atoms with E-state index in [1.807, 2.05) is 47.3 Å². The van der Waals surface area contributed by atoms with Crippen LogP contribution < -0.4 is 5.32 Å². The Morgan fingerprint density at radius 3 is 2.67 bits per heavy atom. The molecule has 0 unspecified atom stereocenters. The molecular weight excluding hydrogens is 364 g/mol. The van der Waals surface area contributed by atoms with Gasteiger partial charge in [-0.2, -0.15) is 5.10 Å². The summed E-state index contributed by atoms with van der Waals surface area (Å²) >= 11 is 6.41. The lowest BCUT2D eigenvalue weighted by atomic mass is 10.0. The fourth-order valence-corrected chi connectivity index (χ4v) is 3.08. The van der Waals surface area contributed by atoms with Crippen LogP contribution in [0.15, 0.2) is 61.3 Å². The molecule has 0 spiro atoms. The molecule has 0 saturated carbocycles. The maximum Gasteiger partial charge on any atom is 0.222 e. The first kappa shape index (κ1) is 17.0. The highest BCUT2D eigenvalue weighted by molar-refractivity contribution is 6.33. The summed E-state index contributed by atoms with van der Waals surface area (Å²) in [5.74, 6) is 0.873. The van der Waals surface area contributed by atoms with Crippen molar-refractivity contribution in [1.29, 1.82) is 0 Å². The molecular formula is C19H15ClN6O. The fraction of sp³-hybridized carbons (Fsp3) is 0.0526. The summed E-state index contributed by atoms with van der Waals surface area (Å²) in [6.45, 7) is 1.45. The van der Waals surface area contributed by atoms with Crippen LogP contribution in [0.1, 0.15) is 6.92 Å². The van der Waals surface area contributed by atoms with E-state index >= 15 is 0 Å². The Morgan fingerprint density at radius 2 is 1.93 bits per heavy atom. The second-order valence-electron chi connectivity index (χ2n) is 5.88. The van der Waals surface area contributed by atoms with Gasteiger partial charge in [-0.3, -0.25) is 9.89 Å². The lowest BCUT2D eigenvalue weighted by Crippen LogP contribution is -2.07. The summed E-state index contributed by atoms with van der Waals surface area (Å²) in [5, 5.41) is 10.3. The van der Waals surface area contributed by atoms with Crippen LogP contribution in [0.3, 0.4) is 0 Å². The van der Waals surface area contributed by atoms with Gasteiger partial charge in [-0.15, -0.1) is 0 Å². The van der Waals surface area contributed by atoms with Gasteiger partial charge in [0.15, 0.2) is 5.82 Å². The molecule has 27 heavy (non-hydrogen) atoms. The third-order valence-corrected chi connectivity index (χ3v) is 4.32. The lowest BCUT2D eigenvalue weighted by molar-refractivity contribution is -0.114. The monoisotopic (exact) mass is 378 g/mol. The quantitative estimate of drug-likeness (QED) is 0.563. The molecule has 0 saturated heterocycles. The molecule has 0 aliphatic heterocycles. The SMILES string of the molecule is CC(=O)Nc1cc(-n2cc(-c3nc[nH]n3)c(-c3ccccc3Cl)c2)ccn1. The Labute approximate surface area is 160 Å². The molecule has 3 aromatic heterocycles. The minimum absolute atomic E-state index is 0.176. The molecule has 4 rings (SSSR count). The highest BCUT2D eigenvalue weighted by Crippen LogP contribution is 2.36. The minimum atomic E-state index is -0.176. The van der Waals surface area contributed by atoms with E-state index in [0.29, 0.717) is 16.7 Å². The Kier molecular flexibility index (Phi) is 4.43. The number of halogens is 1. The molecule has 8 heteroatoms. The van der Waals surface area contributed by atoms with Crippen molar-refractivity contribution in [3.8, 4) is 28.2 Å². The number of hydrogen-bond donors (Lipinski definition) is 2. The minimum Gasteiger partial charge on any atom is -0.322 e. The maximum absolute atomic E-state index is 11.3. The van der Waals surface area contributed by atoms with E-state index in [4.69, 9.17) is 11.6 Å². The van der Waals surface area contributed by atoms with Crippen LogP contribution in [0.2, 0.25) is 5.02 Å². The number of amides is 1. The number of carbonyl (C=O) groups excluding carboxylic acids is 1. The predicted octanol–water partition coefficient (Wildman–Crippen LogP) is 3.94. The van der Waals surface area contributed by atoms with Crippen molar-refractivity contribution in [1.82, 2.24) is 24.7 Å². The van der Waals surface area contributed by atoms with Crippen molar-refractivity contribution in [2.75, 3.05) is 5.32 Å². The fourth-order valence-electron chi connectivity index (χ4n) is 2.84. The Balaban J connectivity index is 1.85. The molecule has 0 aliphatic rings. The van der Waals surface area contributed by atoms with Crippen molar-refractivity contribution in [3.63, 3.8) is 0 Å². The van der Waals surface area contributed by atoms with E-state index < -0.39 is 0 Å². The van der Waals surface area contributed by atoms with Gasteiger partial charge < -0.3 is 9.88 Å². The zero-order valence-corrected chi connectivity index (χ0v) is 15.1. The number of carbonyl (C=O) groups is 1. The molecule has 2 N–H and O–H groups in total. The molecule has 7 nitrogen and oxygen atoms in total. The molecule has 0 radical (unpaired) electrons. The van der Waals surface area contributed by atoms with Crippen LogP contribution >= 0.6 is 11.6 Å². The van der Waals surface area contributed by atoms with E-state index in [1.165, 1.54) is 13.3 Å². The number of pyridine rings is 1. The van der Waals surface area contributed by atoms with E-state index in [1.54, 1.807) is 12.3 Å². The number of hydrogen-bond acceptors (Lipinski definition) is 4. The predicted molar refractivity (Wildman–Crippen MR) is 104 cm³/mol. The van der Waals surface area contributed by atoms with Crippen molar-refractivity contribution in [3.05, 3.63) is 66.3 Å². The first-order valence-corrected chi connectivity index (χ1v) is 8.56. The normalized spacial score (nSPS) is 10.7. The van der Waals surface area contributed by atoms with Gasteiger partial charge >= 0.3 is 0 Å². The molecule has 0 atom stereocenters. The average Bonchev–Trinajstić information content (AvgIpc) is 3.31. The molecule has 0 aliphatic carbocycles. The van der Waals surface area contributed by atoms with Crippen molar-refractivity contribution >= 4 is 23.3 Å². The second-order valence-corrected chi connectivity index (χ2v) is 6.28. The average molecular weight is 379 g/mol. The number of anilines is 1. The summed E-state index contributed by atoms with van der Waals surface area (Å²) in [6, 6.07) is 11.3. The van der Waals surface area contributed by atoms with Crippen molar-refractivity contribution < 1.29 is 4.79 Å². The third-order valence-electron chi connectivity index (χ3n) is 3.99. The van der Waals surface area contributed by atoms with Crippen molar-refractivity contribution in [2.45, 2.75) is 6.92 Å². The van der Waals surface area contributed by atoms with E-state index in [0.717, 1.165) is 22.4 Å². The third kappa shape index (κ3) is 3.45. The highest BCUT2D eigenvalue weighted by Gasteiger charge is 2.16. The summed E-state index contributed by atoms with van der Waals surface area (Å²) in [5.41, 5.74) is 3.46. The lowest BCUT2D eigenvalue weighted by Gasteiger charge is -2.06. The first-order valence-electron chi connectivity index (χ1n) is 8.19. The molecule has 1 aromatic carbocycles. The zero-order valence-electron chi connectivity index (χ0n) is 14.3. The first-order chi connectivity index (χ1) is 13.1. The molecule has 1 amide bonds. The van der Waals surface area contributed by atoms with E-state index in [2.05, 4.69) is 25.5 Å². The standard InChI is InChI=1S/C19H15ClN6O/c1-12(27)24-18-8-13(6-7-21-18)26-9-15(14-4-2-3-5-17(14)20)16(10-26)19-22-11-23-25-19/h2-11H,1H3,(H,21,24,27)(H,22,23,25). The van der Waals surface area contributed by atoms with Gasteiger partial charge in [-0.1, -0.05) is 29.8 Å². The molecule has 4 aromatic rings. The largest absolute Gasteiger partial charge is 0.322 e. The Hall–Kier alpha value is -3.45. The van der Waals surface area contributed by atoms with Crippen LogP contribution in [0, 0.1) is 0 Å². The van der Waals surface area contributed by atoms with Crippen LogP contribution in [0.25, 0.3) is 28.2 Å². The van der Waals surface area contributed by atoms with Gasteiger partial charge in [-0.05, 0) is 12.1 Å². The summed E-state index contributed by atoms with van der Waals surface area (Å²) in [6.07, 6.45) is 7.06. The summed E-state index contributed by atoms with van der Waals surface area (Å²) < 4.78 is 1.93. The molecule has 0 bridgehead atoms. The maximum atomic E-state index is 11.3. The number of rotatable bonds is 4. The number of aromatic amines is 1. The van der Waals surface area contributed by atoms with Gasteiger partial charge in [0, 0.05) is 53.3 Å². The van der Waals surface area contributed by atoms with E-state index in [9.17, 15) is 4.79 Å². The molecule has 3 heterocycles. The molecule has 0 fully saturated rings. The zero-order chi connectivity index (χ0) is 18.8. The topological polar surface area (TPSA) is 88.5 Å². The Bertz CT molecular complexity index is 1100. The van der Waals surface area contributed by atoms with Crippen LogP contribution in [-0.2, 0) is 4.79 Å². The number of H-pyrrole nitrogens is 1. The smallest absolute Gasteiger partial charge is 0.222 e. The van der Waals surface area contributed by atoms with Gasteiger partial charge in [0.2, 0.25) is 5.91 Å². The number of benzene rings is 1. The van der Waals surface area contributed by atoms with Crippen LogP contribution in [0.5, 0.6) is 0 Å². The van der Waals surface area contributed by atoms with Crippen LogP contribution in [0.4, 0.5) is 5.82 Å². The van der Waals surface area contributed by atoms with Gasteiger partial charge in [0.05, 0.1) is 5.69 Å².